The van der Waals surface area contributed by atoms with Crippen molar-refractivity contribution < 1.29 is 33.3 Å². The van der Waals surface area contributed by atoms with E-state index in [1.807, 2.05) is 6.92 Å². The maximum absolute atomic E-state index is 11.9. The van der Waals surface area contributed by atoms with Gasteiger partial charge in [-0.05, 0) is 43.3 Å². The second kappa shape index (κ2) is 9.50. The number of hydrogen-bond donors (Lipinski definition) is 1. The first kappa shape index (κ1) is 19.3. The smallest absolute Gasteiger partial charge is 0.344 e. The molecule has 0 bridgehead atoms. The molecular weight excluding hydrogens is 366 g/mol. The van der Waals surface area contributed by atoms with Crippen LogP contribution in [0.2, 0.25) is 0 Å². The minimum Gasteiger partial charge on any atom is -0.494 e. The van der Waals surface area contributed by atoms with Gasteiger partial charge in [0.25, 0.3) is 5.91 Å². The first-order valence-electron chi connectivity index (χ1n) is 8.85. The van der Waals surface area contributed by atoms with Crippen LogP contribution >= 0.6 is 0 Å². The number of hydrogen-bond acceptors (Lipinski definition) is 7. The SMILES string of the molecule is CCOc1ccc(OCC(=O)OCC(=O)Nc2ccc3c(c2)OCCO3)cc1. The van der Waals surface area contributed by atoms with Crippen molar-refractivity contribution in [2.75, 3.05) is 38.4 Å². The Balaban J connectivity index is 1.39. The number of ether oxygens (including phenoxy) is 5. The number of anilines is 1. The van der Waals surface area contributed by atoms with Crippen LogP contribution in [0.1, 0.15) is 6.92 Å². The van der Waals surface area contributed by atoms with Gasteiger partial charge in [0.05, 0.1) is 6.61 Å². The van der Waals surface area contributed by atoms with Crippen molar-refractivity contribution >= 4 is 17.6 Å². The molecule has 1 N–H and O–H groups in total. The Morgan fingerprint density at radius 2 is 1.61 bits per heavy atom. The highest BCUT2D eigenvalue weighted by atomic mass is 16.6. The second-order valence-electron chi connectivity index (χ2n) is 5.76. The van der Waals surface area contributed by atoms with Crippen molar-refractivity contribution in [1.82, 2.24) is 0 Å². The molecule has 1 heterocycles. The predicted octanol–water partition coefficient (Wildman–Crippen LogP) is 2.42. The molecule has 0 unspecified atom stereocenters. The average molecular weight is 387 g/mol. The molecule has 8 nitrogen and oxygen atoms in total. The lowest BCUT2D eigenvalue weighted by molar-refractivity contribution is -0.149. The number of benzene rings is 2. The molecule has 0 spiro atoms. The van der Waals surface area contributed by atoms with Crippen LogP contribution in [0.4, 0.5) is 5.69 Å². The van der Waals surface area contributed by atoms with Crippen LogP contribution in [0.15, 0.2) is 42.5 Å². The van der Waals surface area contributed by atoms with Crippen molar-refractivity contribution in [2.24, 2.45) is 0 Å². The summed E-state index contributed by atoms with van der Waals surface area (Å²) >= 11 is 0. The molecule has 8 heteroatoms. The Morgan fingerprint density at radius 3 is 2.32 bits per heavy atom. The van der Waals surface area contributed by atoms with Crippen LogP contribution < -0.4 is 24.3 Å². The maximum atomic E-state index is 11.9. The Kier molecular flexibility index (Phi) is 6.56. The van der Waals surface area contributed by atoms with Gasteiger partial charge in [-0.1, -0.05) is 0 Å². The zero-order valence-electron chi connectivity index (χ0n) is 15.4. The van der Waals surface area contributed by atoms with Gasteiger partial charge >= 0.3 is 5.97 Å². The highest BCUT2D eigenvalue weighted by molar-refractivity contribution is 5.93. The first-order chi connectivity index (χ1) is 13.6. The van der Waals surface area contributed by atoms with Crippen molar-refractivity contribution in [3.05, 3.63) is 42.5 Å². The number of carbonyl (C=O) groups excluding carboxylic acids is 2. The average Bonchev–Trinajstić information content (AvgIpc) is 2.72. The van der Waals surface area contributed by atoms with Crippen LogP contribution in [0.5, 0.6) is 23.0 Å². The van der Waals surface area contributed by atoms with E-state index in [9.17, 15) is 9.59 Å². The molecule has 148 valence electrons. The van der Waals surface area contributed by atoms with Gasteiger partial charge in [0, 0.05) is 11.8 Å². The lowest BCUT2D eigenvalue weighted by Crippen LogP contribution is -2.23. The summed E-state index contributed by atoms with van der Waals surface area (Å²) in [6.45, 7) is 2.69. The van der Waals surface area contributed by atoms with E-state index in [1.54, 1.807) is 42.5 Å². The number of nitrogens with one attached hydrogen (secondary N) is 1. The molecule has 0 aromatic heterocycles. The van der Waals surface area contributed by atoms with Crippen LogP contribution in [0, 0.1) is 0 Å². The molecule has 1 aliphatic rings. The van der Waals surface area contributed by atoms with Crippen molar-refractivity contribution in [1.29, 1.82) is 0 Å². The minimum atomic E-state index is -0.647. The molecule has 1 aliphatic heterocycles. The molecule has 3 rings (SSSR count). The summed E-state index contributed by atoms with van der Waals surface area (Å²) in [4.78, 5) is 23.7. The van der Waals surface area contributed by atoms with Gasteiger partial charge in [0.2, 0.25) is 0 Å². The van der Waals surface area contributed by atoms with Crippen molar-refractivity contribution in [3.63, 3.8) is 0 Å². The van der Waals surface area contributed by atoms with Gasteiger partial charge in [0.15, 0.2) is 24.7 Å². The van der Waals surface area contributed by atoms with E-state index in [1.165, 1.54) is 0 Å². The first-order valence-corrected chi connectivity index (χ1v) is 8.85. The third kappa shape index (κ3) is 5.54. The molecule has 28 heavy (non-hydrogen) atoms. The third-order valence-corrected chi connectivity index (χ3v) is 3.68. The Bertz CT molecular complexity index is 820. The number of esters is 1. The molecule has 2 aromatic rings. The molecule has 0 fully saturated rings. The van der Waals surface area contributed by atoms with Crippen LogP contribution in [-0.2, 0) is 14.3 Å². The molecular formula is C20H21NO7. The van der Waals surface area contributed by atoms with E-state index in [0.717, 1.165) is 0 Å². The molecule has 0 saturated carbocycles. The van der Waals surface area contributed by atoms with Gasteiger partial charge < -0.3 is 29.0 Å². The quantitative estimate of drug-likeness (QED) is 0.696. The zero-order chi connectivity index (χ0) is 19.8. The number of carbonyl (C=O) groups is 2. The summed E-state index contributed by atoms with van der Waals surface area (Å²) in [5.41, 5.74) is 0.524. The van der Waals surface area contributed by atoms with Crippen LogP contribution in [-0.4, -0.2) is 44.9 Å². The van der Waals surface area contributed by atoms with Crippen molar-refractivity contribution in [3.8, 4) is 23.0 Å². The summed E-state index contributed by atoms with van der Waals surface area (Å²) in [6, 6.07) is 11.9. The van der Waals surface area contributed by atoms with E-state index in [0.29, 0.717) is 48.5 Å². The van der Waals surface area contributed by atoms with Gasteiger partial charge in [-0.3, -0.25) is 4.79 Å². The third-order valence-electron chi connectivity index (χ3n) is 3.68. The molecule has 0 saturated heterocycles. The Morgan fingerprint density at radius 1 is 0.929 bits per heavy atom. The minimum absolute atomic E-state index is 0.300. The van der Waals surface area contributed by atoms with E-state index in [4.69, 9.17) is 23.7 Å². The molecule has 0 radical (unpaired) electrons. The predicted molar refractivity (Wildman–Crippen MR) is 100 cm³/mol. The Labute approximate surface area is 162 Å². The normalized spacial score (nSPS) is 12.0. The van der Waals surface area contributed by atoms with E-state index < -0.39 is 18.5 Å². The summed E-state index contributed by atoms with van der Waals surface area (Å²) in [5, 5.41) is 2.63. The molecule has 1 amide bonds. The molecule has 0 atom stereocenters. The van der Waals surface area contributed by atoms with E-state index in [-0.39, 0.29) is 6.61 Å². The van der Waals surface area contributed by atoms with Gasteiger partial charge in [0.1, 0.15) is 24.7 Å². The van der Waals surface area contributed by atoms with Crippen molar-refractivity contribution in [2.45, 2.75) is 6.92 Å². The molecule has 2 aromatic carbocycles. The number of fused-ring (bicyclic) bond motifs is 1. The largest absolute Gasteiger partial charge is 0.494 e. The fourth-order valence-electron chi connectivity index (χ4n) is 2.45. The number of amides is 1. The van der Waals surface area contributed by atoms with Crippen LogP contribution in [0.25, 0.3) is 0 Å². The van der Waals surface area contributed by atoms with E-state index in [2.05, 4.69) is 5.32 Å². The lowest BCUT2D eigenvalue weighted by atomic mass is 10.2. The summed E-state index contributed by atoms with van der Waals surface area (Å²) < 4.78 is 26.4. The fourth-order valence-corrected chi connectivity index (χ4v) is 2.45. The fraction of sp³-hybridized carbons (Fsp3) is 0.300. The molecule has 0 aliphatic carbocycles. The van der Waals surface area contributed by atoms with Gasteiger partial charge in [-0.25, -0.2) is 4.79 Å². The maximum Gasteiger partial charge on any atom is 0.344 e. The highest BCUT2D eigenvalue weighted by Gasteiger charge is 2.14. The summed E-state index contributed by atoms with van der Waals surface area (Å²) in [6.07, 6.45) is 0. The Hall–Kier alpha value is -3.42. The second-order valence-corrected chi connectivity index (χ2v) is 5.76. The highest BCUT2D eigenvalue weighted by Crippen LogP contribution is 2.32. The standard InChI is InChI=1S/C20H21NO7/c1-2-24-15-4-6-16(7-5-15)27-13-20(23)28-12-19(22)21-14-3-8-17-18(11-14)26-10-9-25-17/h3-8,11H,2,9-10,12-13H2,1H3,(H,21,22). The zero-order valence-corrected chi connectivity index (χ0v) is 15.4. The monoisotopic (exact) mass is 387 g/mol. The van der Waals surface area contributed by atoms with Gasteiger partial charge in [-0.2, -0.15) is 0 Å². The van der Waals surface area contributed by atoms with Crippen LogP contribution in [0.3, 0.4) is 0 Å². The lowest BCUT2D eigenvalue weighted by Gasteiger charge is -2.19. The van der Waals surface area contributed by atoms with Gasteiger partial charge in [-0.15, -0.1) is 0 Å². The number of rotatable bonds is 8. The summed E-state index contributed by atoms with van der Waals surface area (Å²) in [7, 11) is 0. The topological polar surface area (TPSA) is 92.3 Å². The van der Waals surface area contributed by atoms with E-state index >= 15 is 0 Å². The summed E-state index contributed by atoms with van der Waals surface area (Å²) in [5.74, 6) is 1.29.